The normalized spacial score (nSPS) is 16.2. The number of fused-ring (bicyclic) bond motifs is 1. The van der Waals surface area contributed by atoms with E-state index in [1.54, 1.807) is 0 Å². The Bertz CT molecular complexity index is 767. The van der Waals surface area contributed by atoms with Crippen LogP contribution in [-0.2, 0) is 28.8 Å². The lowest BCUT2D eigenvalue weighted by atomic mass is 9.88. The smallest absolute Gasteiger partial charge is 0.341 e. The Balaban J connectivity index is 1.75. The quantitative estimate of drug-likeness (QED) is 0.815. The van der Waals surface area contributed by atoms with Gasteiger partial charge in [-0.1, -0.05) is 37.3 Å². The van der Waals surface area contributed by atoms with Gasteiger partial charge in [-0.25, -0.2) is 4.79 Å². The van der Waals surface area contributed by atoms with Crippen LogP contribution in [0.2, 0.25) is 0 Å². The van der Waals surface area contributed by atoms with E-state index in [0.717, 1.165) is 30.4 Å². The minimum absolute atomic E-state index is 0.0688. The standard InChI is InChI=1S/C20H23NO3S/c1-13-8-10-15-16(12-13)25-19(18(15)20(23)24-2)21-17(22)11-9-14-6-4-3-5-7-14/h3-7,13H,8-12H2,1-2H3,(H,21,22). The van der Waals surface area contributed by atoms with Crippen LogP contribution < -0.4 is 5.32 Å². The zero-order valence-corrected chi connectivity index (χ0v) is 15.4. The third-order valence-electron chi connectivity index (χ3n) is 4.64. The summed E-state index contributed by atoms with van der Waals surface area (Å²) in [6.45, 7) is 2.22. The van der Waals surface area contributed by atoms with Gasteiger partial charge < -0.3 is 10.1 Å². The predicted octanol–water partition coefficient (Wildman–Crippen LogP) is 4.23. The second kappa shape index (κ2) is 7.83. The van der Waals surface area contributed by atoms with Crippen molar-refractivity contribution in [3.63, 3.8) is 0 Å². The molecule has 132 valence electrons. The number of rotatable bonds is 5. The number of aryl methyl sites for hydroxylation is 1. The largest absolute Gasteiger partial charge is 0.465 e. The zero-order valence-electron chi connectivity index (χ0n) is 14.6. The van der Waals surface area contributed by atoms with Crippen LogP contribution in [0.5, 0.6) is 0 Å². The third-order valence-corrected chi connectivity index (χ3v) is 5.81. The average Bonchev–Trinajstić information content (AvgIpc) is 2.97. The molecule has 5 heteroatoms. The lowest BCUT2D eigenvalue weighted by molar-refractivity contribution is -0.116. The molecule has 4 nitrogen and oxygen atoms in total. The first-order valence-corrected chi connectivity index (χ1v) is 9.46. The molecular formula is C20H23NO3S. The van der Waals surface area contributed by atoms with Crippen LogP contribution in [0.25, 0.3) is 0 Å². The van der Waals surface area contributed by atoms with Gasteiger partial charge in [0, 0.05) is 11.3 Å². The van der Waals surface area contributed by atoms with Gasteiger partial charge >= 0.3 is 5.97 Å². The zero-order chi connectivity index (χ0) is 17.8. The molecule has 0 spiro atoms. The Morgan fingerprint density at radius 1 is 1.28 bits per heavy atom. The van der Waals surface area contributed by atoms with Crippen molar-refractivity contribution in [3.05, 3.63) is 51.9 Å². The maximum absolute atomic E-state index is 12.4. The second-order valence-corrected chi connectivity index (χ2v) is 7.69. The van der Waals surface area contributed by atoms with Crippen molar-refractivity contribution in [2.24, 2.45) is 5.92 Å². The number of thiophene rings is 1. The second-order valence-electron chi connectivity index (χ2n) is 6.58. The Labute approximate surface area is 152 Å². The van der Waals surface area contributed by atoms with E-state index in [0.29, 0.717) is 29.3 Å². The molecule has 1 atom stereocenters. The lowest BCUT2D eigenvalue weighted by Gasteiger charge is -2.18. The van der Waals surface area contributed by atoms with Crippen molar-refractivity contribution in [1.29, 1.82) is 0 Å². The van der Waals surface area contributed by atoms with Crippen molar-refractivity contribution in [3.8, 4) is 0 Å². The number of hydrogen-bond donors (Lipinski definition) is 1. The summed E-state index contributed by atoms with van der Waals surface area (Å²) in [4.78, 5) is 25.8. The highest BCUT2D eigenvalue weighted by atomic mass is 32.1. The van der Waals surface area contributed by atoms with E-state index in [1.807, 2.05) is 30.3 Å². The fourth-order valence-electron chi connectivity index (χ4n) is 3.25. The van der Waals surface area contributed by atoms with E-state index in [-0.39, 0.29) is 11.9 Å². The summed E-state index contributed by atoms with van der Waals surface area (Å²) < 4.78 is 4.96. The number of esters is 1. The molecule has 0 saturated carbocycles. The summed E-state index contributed by atoms with van der Waals surface area (Å²) in [6, 6.07) is 9.92. The van der Waals surface area contributed by atoms with E-state index >= 15 is 0 Å². The summed E-state index contributed by atoms with van der Waals surface area (Å²) in [5, 5.41) is 3.59. The number of hydrogen-bond acceptors (Lipinski definition) is 4. The minimum atomic E-state index is -0.356. The number of carbonyl (C=O) groups excluding carboxylic acids is 2. The van der Waals surface area contributed by atoms with E-state index in [2.05, 4.69) is 12.2 Å². The summed E-state index contributed by atoms with van der Waals surface area (Å²) in [5.74, 6) is 0.185. The fourth-order valence-corrected chi connectivity index (χ4v) is 4.66. The van der Waals surface area contributed by atoms with Gasteiger partial charge in [0.1, 0.15) is 5.00 Å². The monoisotopic (exact) mass is 357 g/mol. The van der Waals surface area contributed by atoms with Crippen LogP contribution in [0.15, 0.2) is 30.3 Å². The predicted molar refractivity (Wildman–Crippen MR) is 100 cm³/mol. The van der Waals surface area contributed by atoms with Crippen molar-refractivity contribution < 1.29 is 14.3 Å². The molecule has 0 bridgehead atoms. The van der Waals surface area contributed by atoms with E-state index in [9.17, 15) is 9.59 Å². The Kier molecular flexibility index (Phi) is 5.53. The number of ether oxygens (including phenoxy) is 1. The first kappa shape index (κ1) is 17.7. The van der Waals surface area contributed by atoms with Crippen LogP contribution >= 0.6 is 11.3 Å². The van der Waals surface area contributed by atoms with Crippen molar-refractivity contribution in [2.75, 3.05) is 12.4 Å². The van der Waals surface area contributed by atoms with Crippen LogP contribution in [0.4, 0.5) is 5.00 Å². The number of amides is 1. The lowest BCUT2D eigenvalue weighted by Crippen LogP contribution is -2.16. The Morgan fingerprint density at radius 3 is 2.76 bits per heavy atom. The van der Waals surface area contributed by atoms with Crippen LogP contribution in [-0.4, -0.2) is 19.0 Å². The topological polar surface area (TPSA) is 55.4 Å². The molecule has 1 amide bonds. The average molecular weight is 357 g/mol. The maximum Gasteiger partial charge on any atom is 0.341 e. The molecule has 1 aliphatic rings. The summed E-state index contributed by atoms with van der Waals surface area (Å²) >= 11 is 1.53. The van der Waals surface area contributed by atoms with Crippen LogP contribution in [0.3, 0.4) is 0 Å². The minimum Gasteiger partial charge on any atom is -0.465 e. The Morgan fingerprint density at radius 2 is 2.04 bits per heavy atom. The summed E-state index contributed by atoms with van der Waals surface area (Å²) in [6.07, 6.45) is 3.97. The first-order chi connectivity index (χ1) is 12.1. The molecule has 1 aromatic carbocycles. The highest BCUT2D eigenvalue weighted by molar-refractivity contribution is 7.17. The maximum atomic E-state index is 12.4. The molecule has 1 aliphatic carbocycles. The van der Waals surface area contributed by atoms with Crippen molar-refractivity contribution >= 4 is 28.2 Å². The van der Waals surface area contributed by atoms with Gasteiger partial charge in [0.15, 0.2) is 0 Å². The van der Waals surface area contributed by atoms with Crippen molar-refractivity contribution in [1.82, 2.24) is 0 Å². The number of methoxy groups -OCH3 is 1. The molecule has 25 heavy (non-hydrogen) atoms. The molecule has 0 fully saturated rings. The number of anilines is 1. The van der Waals surface area contributed by atoms with Gasteiger partial charge in [-0.05, 0) is 42.7 Å². The van der Waals surface area contributed by atoms with E-state index < -0.39 is 0 Å². The van der Waals surface area contributed by atoms with Gasteiger partial charge in [-0.3, -0.25) is 4.79 Å². The van der Waals surface area contributed by atoms with Crippen LogP contribution in [0.1, 0.15) is 46.1 Å². The van der Waals surface area contributed by atoms with Gasteiger partial charge in [0.05, 0.1) is 12.7 Å². The molecule has 1 aromatic heterocycles. The van der Waals surface area contributed by atoms with Crippen LogP contribution in [0, 0.1) is 5.92 Å². The molecule has 0 radical (unpaired) electrons. The molecular weight excluding hydrogens is 334 g/mol. The fraction of sp³-hybridized carbons (Fsp3) is 0.400. The van der Waals surface area contributed by atoms with Gasteiger partial charge in [0.25, 0.3) is 0 Å². The number of benzene rings is 1. The third kappa shape index (κ3) is 4.10. The van der Waals surface area contributed by atoms with Gasteiger partial charge in [-0.2, -0.15) is 0 Å². The Hall–Kier alpha value is -2.14. The molecule has 0 saturated heterocycles. The molecule has 0 aliphatic heterocycles. The number of nitrogens with one attached hydrogen (secondary N) is 1. The van der Waals surface area contributed by atoms with Gasteiger partial charge in [0.2, 0.25) is 5.91 Å². The first-order valence-electron chi connectivity index (χ1n) is 8.65. The summed E-state index contributed by atoms with van der Waals surface area (Å²) in [5.41, 5.74) is 2.75. The molecule has 1 heterocycles. The SMILES string of the molecule is COC(=O)c1c(NC(=O)CCc2ccccc2)sc2c1CCC(C)C2. The molecule has 1 unspecified atom stereocenters. The highest BCUT2D eigenvalue weighted by Gasteiger charge is 2.28. The van der Waals surface area contributed by atoms with E-state index in [4.69, 9.17) is 4.74 Å². The highest BCUT2D eigenvalue weighted by Crippen LogP contribution is 2.40. The molecule has 1 N–H and O–H groups in total. The molecule has 2 aromatic rings. The number of carbonyl (C=O) groups is 2. The molecule has 3 rings (SSSR count). The van der Waals surface area contributed by atoms with Gasteiger partial charge in [-0.15, -0.1) is 11.3 Å². The van der Waals surface area contributed by atoms with Crippen molar-refractivity contribution in [2.45, 2.75) is 39.0 Å². The summed E-state index contributed by atoms with van der Waals surface area (Å²) in [7, 11) is 1.39. The van der Waals surface area contributed by atoms with E-state index in [1.165, 1.54) is 23.3 Å².